The molecule has 1 aliphatic rings. The molecular weight excluding hydrogens is 388 g/mol. The van der Waals surface area contributed by atoms with E-state index in [9.17, 15) is 10.1 Å². The standard InChI is InChI=1S/C22H20N2O2S2/c1-3-12-28-21-16(14-23)18(17-11-8-13-27-17)19(22(25)26-4-2)20(24-21)15-9-6-5-7-10-15/h3,5-11,13,18,24H,1,4,12H2,2H3. The number of thioether (sulfide) groups is 1. The van der Waals surface area contributed by atoms with Crippen molar-refractivity contribution in [3.8, 4) is 6.07 Å². The van der Waals surface area contributed by atoms with Crippen molar-refractivity contribution in [3.05, 3.63) is 87.1 Å². The quantitative estimate of drug-likeness (QED) is 0.512. The largest absolute Gasteiger partial charge is 0.463 e. The fourth-order valence-electron chi connectivity index (χ4n) is 3.04. The number of dihydropyridines is 1. The van der Waals surface area contributed by atoms with Gasteiger partial charge in [0.25, 0.3) is 0 Å². The Balaban J connectivity index is 2.24. The van der Waals surface area contributed by atoms with Crippen LogP contribution in [0.4, 0.5) is 0 Å². The predicted molar refractivity (Wildman–Crippen MR) is 115 cm³/mol. The van der Waals surface area contributed by atoms with Gasteiger partial charge in [-0.2, -0.15) is 5.26 Å². The Morgan fingerprint density at radius 3 is 2.75 bits per heavy atom. The molecule has 1 aromatic carbocycles. The third-order valence-electron chi connectivity index (χ3n) is 4.18. The van der Waals surface area contributed by atoms with E-state index in [-0.39, 0.29) is 6.61 Å². The van der Waals surface area contributed by atoms with Crippen LogP contribution in [-0.4, -0.2) is 18.3 Å². The van der Waals surface area contributed by atoms with Crippen LogP contribution in [0.2, 0.25) is 0 Å². The molecule has 3 rings (SSSR count). The Labute approximate surface area is 173 Å². The van der Waals surface area contributed by atoms with E-state index in [1.54, 1.807) is 13.0 Å². The molecule has 2 aromatic rings. The van der Waals surface area contributed by atoms with Crippen molar-refractivity contribution in [1.82, 2.24) is 5.32 Å². The van der Waals surface area contributed by atoms with Crippen LogP contribution in [0.25, 0.3) is 5.70 Å². The fraction of sp³-hybridized carbons (Fsp3) is 0.182. The second-order valence-electron chi connectivity index (χ2n) is 5.90. The van der Waals surface area contributed by atoms with Crippen molar-refractivity contribution < 1.29 is 9.53 Å². The first-order valence-electron chi connectivity index (χ1n) is 8.86. The van der Waals surface area contributed by atoms with Gasteiger partial charge in [-0.3, -0.25) is 0 Å². The fourth-order valence-corrected chi connectivity index (χ4v) is 4.66. The molecule has 0 spiro atoms. The summed E-state index contributed by atoms with van der Waals surface area (Å²) in [6, 6.07) is 15.9. The van der Waals surface area contributed by atoms with Crippen LogP contribution in [0.5, 0.6) is 0 Å². The van der Waals surface area contributed by atoms with Crippen LogP contribution in [0.15, 0.2) is 76.7 Å². The molecule has 1 aromatic heterocycles. The van der Waals surface area contributed by atoms with Gasteiger partial charge in [0.05, 0.1) is 40.5 Å². The van der Waals surface area contributed by atoms with Gasteiger partial charge in [0, 0.05) is 10.6 Å². The molecular formula is C22H20N2O2S2. The van der Waals surface area contributed by atoms with Crippen LogP contribution in [-0.2, 0) is 9.53 Å². The number of rotatable bonds is 7. The number of allylic oxidation sites excluding steroid dienone is 1. The van der Waals surface area contributed by atoms with Crippen molar-refractivity contribution in [2.24, 2.45) is 0 Å². The molecule has 0 amide bonds. The molecule has 2 heterocycles. The Hall–Kier alpha value is -2.75. The lowest BCUT2D eigenvalue weighted by atomic mass is 9.85. The third kappa shape index (κ3) is 4.06. The van der Waals surface area contributed by atoms with E-state index >= 15 is 0 Å². The lowest BCUT2D eigenvalue weighted by molar-refractivity contribution is -0.138. The Morgan fingerprint density at radius 1 is 1.36 bits per heavy atom. The molecule has 4 nitrogen and oxygen atoms in total. The normalized spacial score (nSPS) is 16.4. The summed E-state index contributed by atoms with van der Waals surface area (Å²) in [5, 5.41) is 16.0. The topological polar surface area (TPSA) is 62.1 Å². The molecule has 0 bridgehead atoms. The van der Waals surface area contributed by atoms with E-state index in [1.165, 1.54) is 23.1 Å². The Kier molecular flexibility index (Phi) is 6.75. The van der Waals surface area contributed by atoms with Crippen LogP contribution < -0.4 is 5.32 Å². The highest BCUT2D eigenvalue weighted by molar-refractivity contribution is 8.03. The summed E-state index contributed by atoms with van der Waals surface area (Å²) in [6.45, 7) is 5.82. The number of benzene rings is 1. The zero-order valence-corrected chi connectivity index (χ0v) is 17.1. The number of thiophene rings is 1. The average molecular weight is 409 g/mol. The van der Waals surface area contributed by atoms with Crippen molar-refractivity contribution in [2.45, 2.75) is 12.8 Å². The van der Waals surface area contributed by atoms with Gasteiger partial charge in [-0.1, -0.05) is 42.5 Å². The van der Waals surface area contributed by atoms with Crippen molar-refractivity contribution in [1.29, 1.82) is 5.26 Å². The number of hydrogen-bond acceptors (Lipinski definition) is 6. The number of ether oxygens (including phenoxy) is 1. The van der Waals surface area contributed by atoms with Crippen LogP contribution >= 0.6 is 23.1 Å². The summed E-state index contributed by atoms with van der Waals surface area (Å²) in [4.78, 5) is 13.9. The molecule has 0 saturated carbocycles. The molecule has 1 N–H and O–H groups in total. The minimum atomic E-state index is -0.465. The van der Waals surface area contributed by atoms with E-state index in [0.717, 1.165) is 15.5 Å². The van der Waals surface area contributed by atoms with Crippen molar-refractivity contribution >= 4 is 34.8 Å². The zero-order valence-electron chi connectivity index (χ0n) is 15.5. The monoisotopic (exact) mass is 408 g/mol. The molecule has 28 heavy (non-hydrogen) atoms. The lowest BCUT2D eigenvalue weighted by Gasteiger charge is -2.30. The first-order valence-corrected chi connectivity index (χ1v) is 10.7. The molecule has 142 valence electrons. The van der Waals surface area contributed by atoms with Crippen molar-refractivity contribution in [3.63, 3.8) is 0 Å². The number of carbonyl (C=O) groups excluding carboxylic acids is 1. The van der Waals surface area contributed by atoms with Crippen LogP contribution in [0.3, 0.4) is 0 Å². The predicted octanol–water partition coefficient (Wildman–Crippen LogP) is 5.06. The number of carbonyl (C=O) groups is 1. The molecule has 1 aliphatic heterocycles. The van der Waals surface area contributed by atoms with Crippen molar-refractivity contribution in [2.75, 3.05) is 12.4 Å². The number of esters is 1. The smallest absolute Gasteiger partial charge is 0.337 e. The summed E-state index contributed by atoms with van der Waals surface area (Å²) in [6.07, 6.45) is 1.79. The summed E-state index contributed by atoms with van der Waals surface area (Å²) in [5.41, 5.74) is 2.55. The van der Waals surface area contributed by atoms with Gasteiger partial charge in [-0.25, -0.2) is 4.79 Å². The highest BCUT2D eigenvalue weighted by atomic mass is 32.2. The van der Waals surface area contributed by atoms with E-state index < -0.39 is 11.9 Å². The van der Waals surface area contributed by atoms with Gasteiger partial charge in [-0.05, 0) is 23.9 Å². The summed E-state index contributed by atoms with van der Waals surface area (Å²) < 4.78 is 5.38. The van der Waals surface area contributed by atoms with Gasteiger partial charge in [0.2, 0.25) is 0 Å². The van der Waals surface area contributed by atoms with Gasteiger partial charge >= 0.3 is 5.97 Å². The highest BCUT2D eigenvalue weighted by Crippen LogP contribution is 2.44. The molecule has 0 radical (unpaired) electrons. The summed E-state index contributed by atoms with van der Waals surface area (Å²) in [5.74, 6) is -0.220. The lowest BCUT2D eigenvalue weighted by Crippen LogP contribution is -2.29. The number of nitriles is 1. The van der Waals surface area contributed by atoms with Gasteiger partial charge in [0.1, 0.15) is 0 Å². The molecule has 6 heteroatoms. The van der Waals surface area contributed by atoms with E-state index in [0.29, 0.717) is 22.6 Å². The molecule has 0 aliphatic carbocycles. The second kappa shape index (κ2) is 9.45. The zero-order chi connectivity index (χ0) is 19.9. The maximum Gasteiger partial charge on any atom is 0.337 e. The SMILES string of the molecule is C=CCSC1=C(C#N)C(c2cccs2)C(C(=O)OCC)=C(c2ccccc2)N1. The second-order valence-corrected chi connectivity index (χ2v) is 7.91. The van der Waals surface area contributed by atoms with Gasteiger partial charge in [-0.15, -0.1) is 29.7 Å². The van der Waals surface area contributed by atoms with Crippen LogP contribution in [0, 0.1) is 11.3 Å². The highest BCUT2D eigenvalue weighted by Gasteiger charge is 2.37. The first-order chi connectivity index (χ1) is 13.7. The summed E-state index contributed by atoms with van der Waals surface area (Å²) >= 11 is 3.03. The van der Waals surface area contributed by atoms with E-state index in [4.69, 9.17) is 4.74 Å². The maximum atomic E-state index is 13.0. The minimum absolute atomic E-state index is 0.269. The minimum Gasteiger partial charge on any atom is -0.463 e. The third-order valence-corrected chi connectivity index (χ3v) is 6.13. The first kappa shape index (κ1) is 20.0. The van der Waals surface area contributed by atoms with Crippen LogP contribution in [0.1, 0.15) is 23.3 Å². The number of nitrogens with zero attached hydrogens (tertiary/aromatic N) is 1. The molecule has 0 fully saturated rings. The van der Waals surface area contributed by atoms with E-state index in [2.05, 4.69) is 18.0 Å². The number of hydrogen-bond donors (Lipinski definition) is 1. The molecule has 1 atom stereocenters. The number of nitrogens with one attached hydrogen (secondary N) is 1. The average Bonchev–Trinajstić information content (AvgIpc) is 3.26. The summed E-state index contributed by atoms with van der Waals surface area (Å²) in [7, 11) is 0. The van der Waals surface area contributed by atoms with Gasteiger partial charge in [0.15, 0.2) is 0 Å². The maximum absolute atomic E-state index is 13.0. The molecule has 0 saturated heterocycles. The van der Waals surface area contributed by atoms with E-state index in [1.807, 2.05) is 47.8 Å². The van der Waals surface area contributed by atoms with Gasteiger partial charge < -0.3 is 10.1 Å². The Morgan fingerprint density at radius 2 is 2.14 bits per heavy atom. The molecule has 1 unspecified atom stereocenters. The Bertz CT molecular complexity index is 954.